The van der Waals surface area contributed by atoms with Gasteiger partial charge in [0.25, 0.3) is 0 Å². The summed E-state index contributed by atoms with van der Waals surface area (Å²) in [6.07, 6.45) is 3.52. The van der Waals surface area contributed by atoms with Crippen LogP contribution in [-0.4, -0.2) is 0 Å². The summed E-state index contributed by atoms with van der Waals surface area (Å²) in [5, 5.41) is 0. The fourth-order valence-corrected chi connectivity index (χ4v) is 1.52. The van der Waals surface area contributed by atoms with Crippen molar-refractivity contribution in [3.63, 3.8) is 0 Å². The van der Waals surface area contributed by atoms with Crippen molar-refractivity contribution in [1.29, 1.82) is 0 Å². The smallest absolute Gasteiger partial charge is 0.159 e. The minimum atomic E-state index is -0.850. The van der Waals surface area contributed by atoms with Crippen molar-refractivity contribution in [1.82, 2.24) is 0 Å². The van der Waals surface area contributed by atoms with Gasteiger partial charge in [-0.1, -0.05) is 6.07 Å². The molecule has 1 unspecified atom stereocenters. The van der Waals surface area contributed by atoms with Crippen molar-refractivity contribution in [2.75, 3.05) is 0 Å². The van der Waals surface area contributed by atoms with Crippen molar-refractivity contribution in [3.05, 3.63) is 59.6 Å². The van der Waals surface area contributed by atoms with Gasteiger partial charge in [-0.05, 0) is 30.2 Å². The molecule has 1 aromatic carbocycles. The second-order valence-electron chi connectivity index (χ2n) is 3.62. The Balaban J connectivity index is 2.12. The zero-order valence-electron chi connectivity index (χ0n) is 8.49. The quantitative estimate of drug-likeness (QED) is 0.868. The van der Waals surface area contributed by atoms with Crippen LogP contribution in [0.5, 0.6) is 0 Å². The fraction of sp³-hybridized carbons (Fsp3) is 0.167. The predicted octanol–water partition coefficient (Wildman–Crippen LogP) is 2.80. The Kier molecular flexibility index (Phi) is 3.01. The Labute approximate surface area is 91.7 Å². The summed E-state index contributed by atoms with van der Waals surface area (Å²) in [5.41, 5.74) is 7.38. The molecule has 0 radical (unpaired) electrons. The Bertz CT molecular complexity index is 468. The maximum atomic E-state index is 12.9. The van der Waals surface area contributed by atoms with E-state index in [0.29, 0.717) is 12.0 Å². The molecule has 1 heterocycles. The molecule has 4 heteroatoms. The van der Waals surface area contributed by atoms with Gasteiger partial charge in [0, 0.05) is 11.6 Å². The lowest BCUT2D eigenvalue weighted by Gasteiger charge is -2.09. The lowest BCUT2D eigenvalue weighted by molar-refractivity contribution is 0.506. The molecule has 2 N–H and O–H groups in total. The summed E-state index contributed by atoms with van der Waals surface area (Å²) in [6.45, 7) is 0. The normalized spacial score (nSPS) is 12.7. The molecule has 0 bridgehead atoms. The van der Waals surface area contributed by atoms with E-state index < -0.39 is 11.6 Å². The summed E-state index contributed by atoms with van der Waals surface area (Å²) in [7, 11) is 0. The van der Waals surface area contributed by atoms with Gasteiger partial charge < -0.3 is 10.2 Å². The highest BCUT2D eigenvalue weighted by Gasteiger charge is 2.10. The lowest BCUT2D eigenvalue weighted by atomic mass is 10.0. The van der Waals surface area contributed by atoms with Crippen molar-refractivity contribution >= 4 is 0 Å². The molecular formula is C12H11F2NO. The van der Waals surface area contributed by atoms with E-state index in [1.165, 1.54) is 12.3 Å². The second kappa shape index (κ2) is 4.45. The van der Waals surface area contributed by atoms with Crippen LogP contribution in [-0.2, 0) is 6.42 Å². The summed E-state index contributed by atoms with van der Waals surface area (Å²) in [5.74, 6) is -1.70. The topological polar surface area (TPSA) is 39.2 Å². The van der Waals surface area contributed by atoms with E-state index in [1.54, 1.807) is 12.3 Å². The van der Waals surface area contributed by atoms with Gasteiger partial charge in [0.2, 0.25) is 0 Å². The Hall–Kier alpha value is -1.68. The molecule has 1 atom stereocenters. The van der Waals surface area contributed by atoms with E-state index in [-0.39, 0.29) is 6.04 Å². The molecule has 0 aliphatic heterocycles. The molecule has 0 spiro atoms. The number of hydrogen-bond acceptors (Lipinski definition) is 2. The monoisotopic (exact) mass is 223 g/mol. The minimum Gasteiger partial charge on any atom is -0.472 e. The molecule has 84 valence electrons. The summed E-state index contributed by atoms with van der Waals surface area (Å²) < 4.78 is 30.5. The molecule has 2 nitrogen and oxygen atoms in total. The summed E-state index contributed by atoms with van der Waals surface area (Å²) in [6, 6.07) is 5.27. The van der Waals surface area contributed by atoms with Crippen molar-refractivity contribution in [2.45, 2.75) is 12.5 Å². The van der Waals surface area contributed by atoms with Gasteiger partial charge in [-0.3, -0.25) is 0 Å². The fourth-order valence-electron chi connectivity index (χ4n) is 1.52. The van der Waals surface area contributed by atoms with Gasteiger partial charge in [0.1, 0.15) is 0 Å². The first-order valence-electron chi connectivity index (χ1n) is 4.88. The third-order valence-corrected chi connectivity index (χ3v) is 2.41. The molecule has 0 amide bonds. The number of hydrogen-bond donors (Lipinski definition) is 1. The number of furan rings is 1. The first kappa shape index (κ1) is 10.8. The molecule has 0 aliphatic rings. The first-order valence-corrected chi connectivity index (χ1v) is 4.88. The Morgan fingerprint density at radius 1 is 1.19 bits per heavy atom. The highest BCUT2D eigenvalue weighted by Crippen LogP contribution is 2.17. The number of nitrogens with two attached hydrogens (primary N) is 1. The first-order chi connectivity index (χ1) is 7.66. The summed E-state index contributed by atoms with van der Waals surface area (Å²) >= 11 is 0. The lowest BCUT2D eigenvalue weighted by Crippen LogP contribution is -2.12. The van der Waals surface area contributed by atoms with Crippen LogP contribution >= 0.6 is 0 Å². The van der Waals surface area contributed by atoms with Gasteiger partial charge >= 0.3 is 0 Å². The predicted molar refractivity (Wildman–Crippen MR) is 55.7 cm³/mol. The van der Waals surface area contributed by atoms with Crippen molar-refractivity contribution in [3.8, 4) is 0 Å². The zero-order chi connectivity index (χ0) is 11.5. The third kappa shape index (κ3) is 2.28. The average molecular weight is 223 g/mol. The molecule has 0 fully saturated rings. The van der Waals surface area contributed by atoms with Crippen molar-refractivity contribution < 1.29 is 13.2 Å². The molecular weight excluding hydrogens is 212 g/mol. The van der Waals surface area contributed by atoms with E-state index in [0.717, 1.165) is 17.7 Å². The molecule has 0 saturated carbocycles. The van der Waals surface area contributed by atoms with Crippen LogP contribution in [0.25, 0.3) is 0 Å². The van der Waals surface area contributed by atoms with Crippen LogP contribution in [0.2, 0.25) is 0 Å². The highest BCUT2D eigenvalue weighted by molar-refractivity contribution is 5.22. The van der Waals surface area contributed by atoms with E-state index in [1.807, 2.05) is 0 Å². The average Bonchev–Trinajstić information content (AvgIpc) is 2.77. The number of rotatable bonds is 3. The van der Waals surface area contributed by atoms with Crippen LogP contribution in [0.3, 0.4) is 0 Å². The number of benzene rings is 1. The third-order valence-electron chi connectivity index (χ3n) is 2.41. The Morgan fingerprint density at radius 3 is 2.62 bits per heavy atom. The highest BCUT2D eigenvalue weighted by atomic mass is 19.2. The maximum absolute atomic E-state index is 12.9. The van der Waals surface area contributed by atoms with E-state index in [4.69, 9.17) is 10.2 Å². The molecule has 1 aromatic heterocycles. The number of halogens is 2. The molecule has 2 rings (SSSR count). The van der Waals surface area contributed by atoms with Crippen molar-refractivity contribution in [2.24, 2.45) is 5.73 Å². The minimum absolute atomic E-state index is 0.274. The maximum Gasteiger partial charge on any atom is 0.159 e. The van der Waals surface area contributed by atoms with Gasteiger partial charge in [-0.2, -0.15) is 0 Å². The van der Waals surface area contributed by atoms with Crippen LogP contribution < -0.4 is 5.73 Å². The van der Waals surface area contributed by atoms with Gasteiger partial charge in [0.15, 0.2) is 11.6 Å². The van der Waals surface area contributed by atoms with Crippen LogP contribution in [0.1, 0.15) is 17.2 Å². The van der Waals surface area contributed by atoms with Crippen LogP contribution in [0, 0.1) is 11.6 Å². The van der Waals surface area contributed by atoms with Crippen LogP contribution in [0.4, 0.5) is 8.78 Å². The summed E-state index contributed by atoms with van der Waals surface area (Å²) in [4.78, 5) is 0. The van der Waals surface area contributed by atoms with E-state index in [9.17, 15) is 8.78 Å². The standard InChI is InChI=1S/C12H11F2NO/c13-10-2-1-8(5-11(10)14)6-12(15)9-3-4-16-7-9/h1-5,7,12H,6,15H2. The van der Waals surface area contributed by atoms with Gasteiger partial charge in [0.05, 0.1) is 12.5 Å². The Morgan fingerprint density at radius 2 is 2.00 bits per heavy atom. The SMILES string of the molecule is NC(Cc1ccc(F)c(F)c1)c1ccoc1. The second-order valence-corrected chi connectivity index (χ2v) is 3.62. The van der Waals surface area contributed by atoms with E-state index in [2.05, 4.69) is 0 Å². The molecule has 0 saturated heterocycles. The van der Waals surface area contributed by atoms with Gasteiger partial charge in [-0.25, -0.2) is 8.78 Å². The van der Waals surface area contributed by atoms with E-state index >= 15 is 0 Å². The molecule has 16 heavy (non-hydrogen) atoms. The van der Waals surface area contributed by atoms with Crippen LogP contribution in [0.15, 0.2) is 41.2 Å². The molecule has 2 aromatic rings. The molecule has 0 aliphatic carbocycles. The zero-order valence-corrected chi connectivity index (χ0v) is 8.49. The van der Waals surface area contributed by atoms with Gasteiger partial charge in [-0.15, -0.1) is 0 Å². The largest absolute Gasteiger partial charge is 0.472 e.